The van der Waals surface area contributed by atoms with E-state index in [0.717, 1.165) is 43.5 Å². The Morgan fingerprint density at radius 1 is 1.15 bits per heavy atom. The van der Waals surface area contributed by atoms with Gasteiger partial charge in [0.15, 0.2) is 5.13 Å². The SMILES string of the molecule is CSc1cccc2sc(N(CCN(C)C)C(=O)c3cc(C)ccc3C)nc12. The van der Waals surface area contributed by atoms with Gasteiger partial charge >= 0.3 is 0 Å². The first-order valence-corrected chi connectivity index (χ1v) is 10.9. The molecular weight excluding hydrogens is 374 g/mol. The maximum absolute atomic E-state index is 13.4. The average Bonchev–Trinajstić information content (AvgIpc) is 3.07. The molecule has 1 amide bonds. The van der Waals surface area contributed by atoms with Gasteiger partial charge in [-0.05, 0) is 58.0 Å². The van der Waals surface area contributed by atoms with Gasteiger partial charge in [-0.25, -0.2) is 4.98 Å². The number of carbonyl (C=O) groups excluding carboxylic acids is 1. The minimum Gasteiger partial charge on any atom is -0.308 e. The third-order valence-corrected chi connectivity index (χ3v) is 6.27. The fraction of sp³-hybridized carbons (Fsp3) is 0.333. The number of aromatic nitrogens is 1. The lowest BCUT2D eigenvalue weighted by atomic mass is 10.0. The minimum atomic E-state index is 0.0165. The number of amides is 1. The molecule has 0 N–H and O–H groups in total. The molecule has 27 heavy (non-hydrogen) atoms. The van der Waals surface area contributed by atoms with Crippen molar-refractivity contribution in [2.45, 2.75) is 18.7 Å². The van der Waals surface area contributed by atoms with Crippen molar-refractivity contribution >= 4 is 44.4 Å². The van der Waals surface area contributed by atoms with Crippen LogP contribution < -0.4 is 4.90 Å². The van der Waals surface area contributed by atoms with Crippen LogP contribution in [0.4, 0.5) is 5.13 Å². The topological polar surface area (TPSA) is 36.4 Å². The van der Waals surface area contributed by atoms with Crippen LogP contribution >= 0.6 is 23.1 Å². The van der Waals surface area contributed by atoms with Crippen LogP contribution in [0.3, 0.4) is 0 Å². The maximum atomic E-state index is 13.4. The molecule has 142 valence electrons. The molecular formula is C21H25N3OS2. The van der Waals surface area contributed by atoms with Crippen LogP contribution in [0, 0.1) is 13.8 Å². The Labute approximate surface area is 169 Å². The summed E-state index contributed by atoms with van der Waals surface area (Å²) in [5.41, 5.74) is 3.81. The average molecular weight is 400 g/mol. The van der Waals surface area contributed by atoms with Gasteiger partial charge in [0.1, 0.15) is 0 Å². The van der Waals surface area contributed by atoms with E-state index in [4.69, 9.17) is 4.98 Å². The highest BCUT2D eigenvalue weighted by molar-refractivity contribution is 7.98. The summed E-state index contributed by atoms with van der Waals surface area (Å²) >= 11 is 3.27. The first-order valence-electron chi connectivity index (χ1n) is 8.88. The summed E-state index contributed by atoms with van der Waals surface area (Å²) in [6.45, 7) is 5.39. The van der Waals surface area contributed by atoms with Crippen molar-refractivity contribution in [1.29, 1.82) is 0 Å². The number of carbonyl (C=O) groups is 1. The number of anilines is 1. The van der Waals surface area contributed by atoms with Crippen LogP contribution in [0.15, 0.2) is 41.3 Å². The summed E-state index contributed by atoms with van der Waals surface area (Å²) in [5, 5.41) is 0.763. The fourth-order valence-electron chi connectivity index (χ4n) is 2.89. The molecule has 0 radical (unpaired) electrons. The van der Waals surface area contributed by atoms with Gasteiger partial charge in [-0.15, -0.1) is 11.8 Å². The molecule has 0 aliphatic carbocycles. The third-order valence-electron chi connectivity index (χ3n) is 4.46. The van der Waals surface area contributed by atoms with Crippen LogP contribution in [-0.4, -0.2) is 49.2 Å². The Bertz CT molecular complexity index is 965. The first-order chi connectivity index (χ1) is 12.9. The monoisotopic (exact) mass is 399 g/mol. The number of fused-ring (bicyclic) bond motifs is 1. The molecule has 2 aromatic carbocycles. The zero-order chi connectivity index (χ0) is 19.6. The Balaban J connectivity index is 2.05. The molecule has 0 aliphatic heterocycles. The van der Waals surface area contributed by atoms with Gasteiger partial charge in [0, 0.05) is 23.5 Å². The van der Waals surface area contributed by atoms with E-state index in [1.807, 2.05) is 57.1 Å². The first kappa shape index (κ1) is 19.9. The second-order valence-corrected chi connectivity index (χ2v) is 8.74. The van der Waals surface area contributed by atoms with Gasteiger partial charge in [-0.1, -0.05) is 35.1 Å². The van der Waals surface area contributed by atoms with Crippen LogP contribution in [-0.2, 0) is 0 Å². The summed E-state index contributed by atoms with van der Waals surface area (Å²) in [6, 6.07) is 12.2. The van der Waals surface area contributed by atoms with Crippen molar-refractivity contribution in [3.05, 3.63) is 53.1 Å². The van der Waals surface area contributed by atoms with Crippen molar-refractivity contribution in [3.8, 4) is 0 Å². The predicted octanol–water partition coefficient (Wildman–Crippen LogP) is 4.84. The highest BCUT2D eigenvalue weighted by Gasteiger charge is 2.23. The number of benzene rings is 2. The number of thiazole rings is 1. The van der Waals surface area contributed by atoms with Gasteiger partial charge in [0.25, 0.3) is 5.91 Å². The van der Waals surface area contributed by atoms with Crippen molar-refractivity contribution in [1.82, 2.24) is 9.88 Å². The van der Waals surface area contributed by atoms with Crippen LogP contribution in [0.25, 0.3) is 10.2 Å². The van der Waals surface area contributed by atoms with E-state index in [0.29, 0.717) is 6.54 Å². The lowest BCUT2D eigenvalue weighted by Gasteiger charge is -2.23. The molecule has 0 fully saturated rings. The van der Waals surface area contributed by atoms with Crippen LogP contribution in [0.5, 0.6) is 0 Å². The Morgan fingerprint density at radius 3 is 2.63 bits per heavy atom. The zero-order valence-corrected chi connectivity index (χ0v) is 18.1. The normalized spacial score (nSPS) is 11.3. The van der Waals surface area contributed by atoms with E-state index in [1.54, 1.807) is 23.1 Å². The number of hydrogen-bond donors (Lipinski definition) is 0. The van der Waals surface area contributed by atoms with Gasteiger partial charge in [-0.2, -0.15) is 0 Å². The zero-order valence-electron chi connectivity index (χ0n) is 16.4. The number of likely N-dealkylation sites (N-methyl/N-ethyl adjacent to an activating group) is 1. The summed E-state index contributed by atoms with van der Waals surface area (Å²) < 4.78 is 1.11. The van der Waals surface area contributed by atoms with Crippen molar-refractivity contribution < 1.29 is 4.79 Å². The number of para-hydroxylation sites is 1. The number of aryl methyl sites for hydroxylation is 2. The highest BCUT2D eigenvalue weighted by Crippen LogP contribution is 2.34. The minimum absolute atomic E-state index is 0.0165. The van der Waals surface area contributed by atoms with E-state index in [2.05, 4.69) is 23.3 Å². The maximum Gasteiger partial charge on any atom is 0.260 e. The van der Waals surface area contributed by atoms with Crippen LogP contribution in [0.2, 0.25) is 0 Å². The summed E-state index contributed by atoms with van der Waals surface area (Å²) in [6.07, 6.45) is 2.05. The molecule has 3 aromatic rings. The smallest absolute Gasteiger partial charge is 0.260 e. The largest absolute Gasteiger partial charge is 0.308 e. The molecule has 1 aromatic heterocycles. The number of hydrogen-bond acceptors (Lipinski definition) is 5. The van der Waals surface area contributed by atoms with Gasteiger partial charge in [0.2, 0.25) is 0 Å². The summed E-state index contributed by atoms with van der Waals surface area (Å²) in [4.78, 5) is 23.3. The summed E-state index contributed by atoms with van der Waals surface area (Å²) in [5.74, 6) is 0.0165. The molecule has 0 bridgehead atoms. The Hall–Kier alpha value is -1.89. The van der Waals surface area contributed by atoms with E-state index >= 15 is 0 Å². The Morgan fingerprint density at radius 2 is 1.93 bits per heavy atom. The van der Waals surface area contributed by atoms with Crippen molar-refractivity contribution in [3.63, 3.8) is 0 Å². The second-order valence-electron chi connectivity index (χ2n) is 6.88. The summed E-state index contributed by atoms with van der Waals surface area (Å²) in [7, 11) is 4.04. The molecule has 0 atom stereocenters. The lowest BCUT2D eigenvalue weighted by molar-refractivity contribution is 0.0984. The van der Waals surface area contributed by atoms with E-state index < -0.39 is 0 Å². The lowest BCUT2D eigenvalue weighted by Crippen LogP contribution is -2.37. The number of thioether (sulfide) groups is 1. The standard InChI is InChI=1S/C21H25N3OS2/c1-14-9-10-15(2)16(13-14)20(25)24(12-11-23(3)4)21-22-19-17(26-5)7-6-8-18(19)27-21/h6-10,13H,11-12H2,1-5H3. The quantitative estimate of drug-likeness (QED) is 0.556. The van der Waals surface area contributed by atoms with E-state index in [9.17, 15) is 4.79 Å². The molecule has 1 heterocycles. The third kappa shape index (κ3) is 4.34. The van der Waals surface area contributed by atoms with Gasteiger partial charge in [-0.3, -0.25) is 9.69 Å². The second kappa shape index (κ2) is 8.42. The molecule has 0 aliphatic rings. The van der Waals surface area contributed by atoms with Gasteiger partial charge < -0.3 is 4.90 Å². The van der Waals surface area contributed by atoms with Crippen molar-refractivity contribution in [2.24, 2.45) is 0 Å². The molecule has 0 spiro atoms. The highest BCUT2D eigenvalue weighted by atomic mass is 32.2. The Kier molecular flexibility index (Phi) is 6.19. The molecule has 0 unspecified atom stereocenters. The van der Waals surface area contributed by atoms with E-state index in [-0.39, 0.29) is 5.91 Å². The van der Waals surface area contributed by atoms with E-state index in [1.165, 1.54) is 0 Å². The molecule has 3 rings (SSSR count). The molecule has 4 nitrogen and oxygen atoms in total. The van der Waals surface area contributed by atoms with Crippen molar-refractivity contribution in [2.75, 3.05) is 38.3 Å². The number of nitrogens with zero attached hydrogens (tertiary/aromatic N) is 3. The molecule has 6 heteroatoms. The van der Waals surface area contributed by atoms with Crippen LogP contribution in [0.1, 0.15) is 21.5 Å². The fourth-order valence-corrected chi connectivity index (χ4v) is 4.53. The predicted molar refractivity (Wildman–Crippen MR) is 118 cm³/mol. The number of rotatable bonds is 6. The van der Waals surface area contributed by atoms with Gasteiger partial charge in [0.05, 0.1) is 10.2 Å². The molecule has 0 saturated carbocycles. The molecule has 0 saturated heterocycles.